The van der Waals surface area contributed by atoms with E-state index in [0.29, 0.717) is 6.54 Å². The van der Waals surface area contributed by atoms with E-state index < -0.39 is 0 Å². The second-order valence-electron chi connectivity index (χ2n) is 6.35. The first-order valence-electron chi connectivity index (χ1n) is 9.12. The van der Waals surface area contributed by atoms with E-state index in [2.05, 4.69) is 63.3 Å². The second-order valence-corrected chi connectivity index (χ2v) is 7.63. The zero-order valence-electron chi connectivity index (χ0n) is 16.1. The van der Waals surface area contributed by atoms with Gasteiger partial charge in [-0.2, -0.15) is 0 Å². The van der Waals surface area contributed by atoms with E-state index in [9.17, 15) is 0 Å². The van der Waals surface area contributed by atoms with E-state index in [1.165, 1.54) is 16.0 Å². The van der Waals surface area contributed by atoms with Gasteiger partial charge >= 0.3 is 0 Å². The Balaban J connectivity index is 1.63. The van der Waals surface area contributed by atoms with Gasteiger partial charge < -0.3 is 15.2 Å². The maximum Gasteiger partial charge on any atom is 0.191 e. The van der Waals surface area contributed by atoms with E-state index in [1.54, 1.807) is 17.5 Å². The van der Waals surface area contributed by atoms with Gasteiger partial charge in [-0.3, -0.25) is 0 Å². The Morgan fingerprint density at radius 3 is 2.78 bits per heavy atom. The Labute approximate surface area is 164 Å². The standard InChI is InChI=1S/C20H26N6S/c1-4-22-20(24-12-19-15(2)25-16(3)27-19)23-11-17-6-5-7-18(10-17)13-26-9-8-21-14-26/h5-10,14H,4,11-13H2,1-3H3,(H2,22,23,24). The minimum absolute atomic E-state index is 0.633. The van der Waals surface area contributed by atoms with Gasteiger partial charge in [0.05, 0.1) is 30.1 Å². The van der Waals surface area contributed by atoms with Crippen molar-refractivity contribution in [2.75, 3.05) is 6.54 Å². The molecule has 3 rings (SSSR count). The largest absolute Gasteiger partial charge is 0.357 e. The van der Waals surface area contributed by atoms with Crippen LogP contribution in [0, 0.1) is 13.8 Å². The van der Waals surface area contributed by atoms with Crippen LogP contribution in [0.5, 0.6) is 0 Å². The second kappa shape index (κ2) is 9.32. The number of imidazole rings is 1. The van der Waals surface area contributed by atoms with E-state index in [4.69, 9.17) is 4.99 Å². The number of hydrogen-bond donors (Lipinski definition) is 2. The summed E-state index contributed by atoms with van der Waals surface area (Å²) >= 11 is 1.73. The van der Waals surface area contributed by atoms with Gasteiger partial charge in [-0.05, 0) is 31.9 Å². The average Bonchev–Trinajstić information content (AvgIpc) is 3.27. The number of hydrogen-bond acceptors (Lipinski definition) is 4. The number of aliphatic imine (C=N–C) groups is 1. The summed E-state index contributed by atoms with van der Waals surface area (Å²) in [6.07, 6.45) is 5.61. The monoisotopic (exact) mass is 382 g/mol. The predicted octanol–water partition coefficient (Wildman–Crippen LogP) is 3.26. The highest BCUT2D eigenvalue weighted by molar-refractivity contribution is 7.11. The highest BCUT2D eigenvalue weighted by atomic mass is 32.1. The third kappa shape index (κ3) is 5.65. The first-order valence-corrected chi connectivity index (χ1v) is 9.94. The number of aromatic nitrogens is 3. The van der Waals surface area contributed by atoms with Crippen LogP contribution in [0.25, 0.3) is 0 Å². The van der Waals surface area contributed by atoms with Crippen molar-refractivity contribution in [3.05, 3.63) is 69.7 Å². The van der Waals surface area contributed by atoms with Crippen molar-refractivity contribution in [2.45, 2.75) is 40.4 Å². The molecule has 2 N–H and O–H groups in total. The third-order valence-corrected chi connectivity index (χ3v) is 5.17. The molecule has 2 heterocycles. The van der Waals surface area contributed by atoms with Crippen molar-refractivity contribution < 1.29 is 0 Å². The number of nitrogens with zero attached hydrogens (tertiary/aromatic N) is 4. The molecule has 0 aliphatic rings. The van der Waals surface area contributed by atoms with Crippen LogP contribution in [0.3, 0.4) is 0 Å². The van der Waals surface area contributed by atoms with Crippen LogP contribution in [-0.2, 0) is 19.6 Å². The molecule has 0 atom stereocenters. The number of rotatable bonds is 7. The Hall–Kier alpha value is -2.67. The Morgan fingerprint density at radius 1 is 1.22 bits per heavy atom. The summed E-state index contributed by atoms with van der Waals surface area (Å²) in [6.45, 7) is 9.18. The summed E-state index contributed by atoms with van der Waals surface area (Å²) in [7, 11) is 0. The van der Waals surface area contributed by atoms with Crippen molar-refractivity contribution in [3.63, 3.8) is 0 Å². The first kappa shape index (κ1) is 19.1. The maximum atomic E-state index is 4.73. The van der Waals surface area contributed by atoms with Gasteiger partial charge in [0.15, 0.2) is 5.96 Å². The third-order valence-electron chi connectivity index (χ3n) is 4.10. The van der Waals surface area contributed by atoms with Gasteiger partial charge in [0.1, 0.15) is 0 Å². The molecule has 0 spiro atoms. The van der Waals surface area contributed by atoms with E-state index in [0.717, 1.165) is 36.3 Å². The Kier molecular flexibility index (Phi) is 6.59. The van der Waals surface area contributed by atoms with Crippen molar-refractivity contribution in [3.8, 4) is 0 Å². The SMILES string of the molecule is CCNC(=NCc1cccc(Cn2ccnc2)c1)NCc1sc(C)nc1C. The minimum atomic E-state index is 0.633. The smallest absolute Gasteiger partial charge is 0.191 e. The molecular weight excluding hydrogens is 356 g/mol. The van der Waals surface area contributed by atoms with Crippen LogP contribution in [0.15, 0.2) is 48.0 Å². The summed E-state index contributed by atoms with van der Waals surface area (Å²) in [5.41, 5.74) is 3.53. The summed E-state index contributed by atoms with van der Waals surface area (Å²) in [4.78, 5) is 14.6. The summed E-state index contributed by atoms with van der Waals surface area (Å²) < 4.78 is 2.06. The fourth-order valence-electron chi connectivity index (χ4n) is 2.83. The molecular formula is C20H26N6S. The molecule has 0 radical (unpaired) electrons. The van der Waals surface area contributed by atoms with Gasteiger partial charge in [0, 0.05) is 30.4 Å². The van der Waals surface area contributed by atoms with Gasteiger partial charge in [-0.15, -0.1) is 11.3 Å². The molecule has 7 heteroatoms. The summed E-state index contributed by atoms with van der Waals surface area (Å²) in [5.74, 6) is 0.822. The van der Waals surface area contributed by atoms with Crippen molar-refractivity contribution in [1.82, 2.24) is 25.2 Å². The normalized spacial score (nSPS) is 11.6. The molecule has 0 fully saturated rings. The molecule has 3 aromatic rings. The lowest BCUT2D eigenvalue weighted by atomic mass is 10.1. The Morgan fingerprint density at radius 2 is 2.07 bits per heavy atom. The predicted molar refractivity (Wildman–Crippen MR) is 111 cm³/mol. The fourth-order valence-corrected chi connectivity index (χ4v) is 3.71. The minimum Gasteiger partial charge on any atom is -0.357 e. The van der Waals surface area contributed by atoms with Crippen LogP contribution in [0.4, 0.5) is 0 Å². The molecule has 1 aromatic carbocycles. The topological polar surface area (TPSA) is 67.1 Å². The molecule has 0 bridgehead atoms. The molecule has 0 saturated heterocycles. The molecule has 0 unspecified atom stereocenters. The summed E-state index contributed by atoms with van der Waals surface area (Å²) in [6, 6.07) is 8.53. The number of nitrogens with one attached hydrogen (secondary N) is 2. The quantitative estimate of drug-likeness (QED) is 0.486. The molecule has 0 amide bonds. The average molecular weight is 383 g/mol. The summed E-state index contributed by atoms with van der Waals surface area (Å²) in [5, 5.41) is 7.82. The van der Waals surface area contributed by atoms with E-state index in [1.807, 2.05) is 19.4 Å². The highest BCUT2D eigenvalue weighted by Gasteiger charge is 2.06. The van der Waals surface area contributed by atoms with E-state index in [-0.39, 0.29) is 0 Å². The lowest BCUT2D eigenvalue weighted by Crippen LogP contribution is -2.36. The maximum absolute atomic E-state index is 4.73. The van der Waals surface area contributed by atoms with Crippen molar-refractivity contribution in [1.29, 1.82) is 0 Å². The van der Waals surface area contributed by atoms with Crippen molar-refractivity contribution >= 4 is 17.3 Å². The number of guanidine groups is 1. The van der Waals surface area contributed by atoms with Gasteiger partial charge in [-0.25, -0.2) is 15.0 Å². The fraction of sp³-hybridized carbons (Fsp3) is 0.350. The molecule has 0 saturated carbocycles. The van der Waals surface area contributed by atoms with Gasteiger partial charge in [0.25, 0.3) is 0 Å². The van der Waals surface area contributed by atoms with Crippen LogP contribution in [0.2, 0.25) is 0 Å². The lowest BCUT2D eigenvalue weighted by Gasteiger charge is -2.11. The van der Waals surface area contributed by atoms with Crippen LogP contribution in [0.1, 0.15) is 33.6 Å². The zero-order valence-corrected chi connectivity index (χ0v) is 16.9. The Bertz CT molecular complexity index is 882. The number of benzene rings is 1. The lowest BCUT2D eigenvalue weighted by molar-refractivity contribution is 0.793. The van der Waals surface area contributed by atoms with Crippen LogP contribution < -0.4 is 10.6 Å². The molecule has 0 aliphatic carbocycles. The molecule has 6 nitrogen and oxygen atoms in total. The van der Waals surface area contributed by atoms with Crippen LogP contribution >= 0.6 is 11.3 Å². The number of thiazole rings is 1. The zero-order chi connectivity index (χ0) is 19.1. The molecule has 27 heavy (non-hydrogen) atoms. The number of aryl methyl sites for hydroxylation is 2. The highest BCUT2D eigenvalue weighted by Crippen LogP contribution is 2.16. The molecule has 0 aliphatic heterocycles. The van der Waals surface area contributed by atoms with Crippen LogP contribution in [-0.4, -0.2) is 27.0 Å². The van der Waals surface area contributed by atoms with Crippen molar-refractivity contribution in [2.24, 2.45) is 4.99 Å². The van der Waals surface area contributed by atoms with Gasteiger partial charge in [-0.1, -0.05) is 24.3 Å². The first-order chi connectivity index (χ1) is 13.1. The molecule has 142 valence electrons. The molecule has 2 aromatic heterocycles. The van der Waals surface area contributed by atoms with E-state index >= 15 is 0 Å². The van der Waals surface area contributed by atoms with Gasteiger partial charge in [0.2, 0.25) is 0 Å².